The number of fused-ring (bicyclic) bond motifs is 1. The van der Waals surface area contributed by atoms with Crippen molar-refractivity contribution in [2.24, 2.45) is 0 Å². The van der Waals surface area contributed by atoms with E-state index in [0.717, 1.165) is 16.0 Å². The van der Waals surface area contributed by atoms with E-state index in [1.165, 1.54) is 11.3 Å². The Bertz CT molecular complexity index is 1140. The molecular weight excluding hydrogens is 400 g/mol. The van der Waals surface area contributed by atoms with Gasteiger partial charge in [-0.1, -0.05) is 23.5 Å². The zero-order valence-corrected chi connectivity index (χ0v) is 17.6. The molecule has 0 unspecified atom stereocenters. The second kappa shape index (κ2) is 8.96. The molecule has 0 saturated carbocycles. The number of hydrogen-bond donors (Lipinski definition) is 0. The van der Waals surface area contributed by atoms with Crippen LogP contribution in [0.2, 0.25) is 0 Å². The molecule has 30 heavy (non-hydrogen) atoms. The summed E-state index contributed by atoms with van der Waals surface area (Å²) in [5.41, 5.74) is 1.31. The number of aromatic nitrogens is 3. The van der Waals surface area contributed by atoms with E-state index in [1.807, 2.05) is 49.5 Å². The third-order valence-corrected chi connectivity index (χ3v) is 5.62. The lowest BCUT2D eigenvalue weighted by Crippen LogP contribution is -2.34. The minimum atomic E-state index is -0.141. The van der Waals surface area contributed by atoms with E-state index < -0.39 is 0 Å². The molecule has 2 aromatic heterocycles. The normalized spacial score (nSPS) is 10.9. The van der Waals surface area contributed by atoms with Gasteiger partial charge < -0.3 is 9.47 Å². The maximum Gasteiger partial charge on any atom is 0.260 e. The average Bonchev–Trinajstić information content (AvgIpc) is 3.44. The molecule has 4 rings (SSSR count). The summed E-state index contributed by atoms with van der Waals surface area (Å²) in [5.74, 6) is 1.22. The number of anilines is 1. The van der Waals surface area contributed by atoms with Crippen LogP contribution in [-0.2, 0) is 6.54 Å². The summed E-state index contributed by atoms with van der Waals surface area (Å²) >= 11 is 1.47. The third kappa shape index (κ3) is 4.13. The molecule has 0 aliphatic rings. The number of benzene rings is 2. The Balaban J connectivity index is 1.71. The Labute approximate surface area is 178 Å². The van der Waals surface area contributed by atoms with E-state index in [2.05, 4.69) is 5.10 Å². The highest BCUT2D eigenvalue weighted by molar-refractivity contribution is 7.22. The highest BCUT2D eigenvalue weighted by Crippen LogP contribution is 2.35. The Morgan fingerprint density at radius 1 is 1.20 bits per heavy atom. The Kier molecular flexibility index (Phi) is 5.94. The van der Waals surface area contributed by atoms with Gasteiger partial charge >= 0.3 is 0 Å². The van der Waals surface area contributed by atoms with Gasteiger partial charge in [-0.05, 0) is 43.3 Å². The monoisotopic (exact) mass is 422 g/mol. The second-order valence-electron chi connectivity index (χ2n) is 6.49. The molecule has 2 heterocycles. The molecule has 0 fully saturated rings. The van der Waals surface area contributed by atoms with Gasteiger partial charge in [0.2, 0.25) is 0 Å². The maximum atomic E-state index is 13.4. The molecule has 7 nitrogen and oxygen atoms in total. The summed E-state index contributed by atoms with van der Waals surface area (Å²) < 4.78 is 13.8. The van der Waals surface area contributed by atoms with Crippen LogP contribution >= 0.6 is 11.3 Å². The van der Waals surface area contributed by atoms with Crippen LogP contribution in [0.25, 0.3) is 10.2 Å². The highest BCUT2D eigenvalue weighted by atomic mass is 32.1. The van der Waals surface area contributed by atoms with E-state index in [9.17, 15) is 4.79 Å². The number of thiazole rings is 1. The number of rotatable bonds is 8. The van der Waals surface area contributed by atoms with E-state index in [0.29, 0.717) is 36.1 Å². The molecule has 0 N–H and O–H groups in total. The van der Waals surface area contributed by atoms with E-state index in [-0.39, 0.29) is 5.91 Å². The number of carbonyl (C=O) groups excluding carboxylic acids is 1. The lowest BCUT2D eigenvalue weighted by molar-refractivity contribution is 0.0985. The SMILES string of the molecule is CCOc1cccc2sc(N(CCn3cccn3)C(=O)c3cccc(OC)c3)nc12. The van der Waals surface area contributed by atoms with Crippen LogP contribution in [0, 0.1) is 0 Å². The number of methoxy groups -OCH3 is 1. The van der Waals surface area contributed by atoms with Crippen molar-refractivity contribution in [2.45, 2.75) is 13.5 Å². The van der Waals surface area contributed by atoms with Gasteiger partial charge in [-0.25, -0.2) is 4.98 Å². The summed E-state index contributed by atoms with van der Waals surface area (Å²) in [7, 11) is 1.59. The fraction of sp³-hybridized carbons (Fsp3) is 0.227. The number of nitrogens with zero attached hydrogens (tertiary/aromatic N) is 4. The molecule has 1 amide bonds. The fourth-order valence-corrected chi connectivity index (χ4v) is 4.14. The van der Waals surface area contributed by atoms with E-state index in [4.69, 9.17) is 14.5 Å². The van der Waals surface area contributed by atoms with Gasteiger partial charge in [0, 0.05) is 24.5 Å². The summed E-state index contributed by atoms with van der Waals surface area (Å²) in [5, 5.41) is 4.87. The van der Waals surface area contributed by atoms with Crippen LogP contribution in [-0.4, -0.2) is 40.9 Å². The van der Waals surface area contributed by atoms with E-state index in [1.54, 1.807) is 35.0 Å². The molecule has 0 bridgehead atoms. The van der Waals surface area contributed by atoms with Crippen LogP contribution in [0.5, 0.6) is 11.5 Å². The number of ether oxygens (including phenoxy) is 2. The van der Waals surface area contributed by atoms with Crippen molar-refractivity contribution in [3.63, 3.8) is 0 Å². The highest BCUT2D eigenvalue weighted by Gasteiger charge is 2.22. The van der Waals surface area contributed by atoms with Gasteiger partial charge in [0.25, 0.3) is 5.91 Å². The van der Waals surface area contributed by atoms with Crippen molar-refractivity contribution in [1.82, 2.24) is 14.8 Å². The molecule has 0 aliphatic heterocycles. The third-order valence-electron chi connectivity index (χ3n) is 4.58. The minimum absolute atomic E-state index is 0.141. The molecule has 0 aliphatic carbocycles. The zero-order chi connectivity index (χ0) is 20.9. The fourth-order valence-electron chi connectivity index (χ4n) is 3.13. The Hall–Kier alpha value is -3.39. The summed E-state index contributed by atoms with van der Waals surface area (Å²) in [6.45, 7) is 3.48. The van der Waals surface area contributed by atoms with Crippen LogP contribution in [0.15, 0.2) is 60.9 Å². The predicted molar refractivity (Wildman–Crippen MR) is 118 cm³/mol. The number of amides is 1. The lowest BCUT2D eigenvalue weighted by atomic mass is 10.2. The second-order valence-corrected chi connectivity index (χ2v) is 7.50. The average molecular weight is 423 g/mol. The number of carbonyl (C=O) groups is 1. The molecule has 0 radical (unpaired) electrons. The molecule has 2 aromatic carbocycles. The maximum absolute atomic E-state index is 13.4. The van der Waals surface area contributed by atoms with Gasteiger partial charge in [0.05, 0.1) is 25.0 Å². The zero-order valence-electron chi connectivity index (χ0n) is 16.8. The topological polar surface area (TPSA) is 69.5 Å². The van der Waals surface area contributed by atoms with Crippen molar-refractivity contribution in [3.05, 3.63) is 66.5 Å². The van der Waals surface area contributed by atoms with Gasteiger partial charge in [0.1, 0.15) is 17.0 Å². The summed E-state index contributed by atoms with van der Waals surface area (Å²) in [6, 6.07) is 14.8. The summed E-state index contributed by atoms with van der Waals surface area (Å²) in [4.78, 5) is 19.9. The van der Waals surface area contributed by atoms with Crippen molar-refractivity contribution in [2.75, 3.05) is 25.2 Å². The first-order valence-electron chi connectivity index (χ1n) is 9.65. The van der Waals surface area contributed by atoms with Crippen molar-refractivity contribution in [3.8, 4) is 11.5 Å². The van der Waals surface area contributed by atoms with Crippen molar-refractivity contribution < 1.29 is 14.3 Å². The quantitative estimate of drug-likeness (QED) is 0.425. The standard InChI is InChI=1S/C22H22N4O3S/c1-3-29-18-9-5-10-19-20(18)24-22(30-19)26(14-13-25-12-6-11-23-25)21(27)16-7-4-8-17(15-16)28-2/h4-12,15H,3,13-14H2,1-2H3. The van der Waals surface area contributed by atoms with Gasteiger partial charge in [-0.15, -0.1) is 0 Å². The van der Waals surface area contributed by atoms with Crippen LogP contribution < -0.4 is 14.4 Å². The minimum Gasteiger partial charge on any atom is -0.497 e. The number of para-hydroxylation sites is 1. The van der Waals surface area contributed by atoms with E-state index >= 15 is 0 Å². The Morgan fingerprint density at radius 2 is 2.07 bits per heavy atom. The smallest absolute Gasteiger partial charge is 0.260 e. The largest absolute Gasteiger partial charge is 0.497 e. The van der Waals surface area contributed by atoms with Gasteiger partial charge in [-0.2, -0.15) is 5.10 Å². The first-order chi connectivity index (χ1) is 14.7. The van der Waals surface area contributed by atoms with Crippen LogP contribution in [0.4, 0.5) is 5.13 Å². The Morgan fingerprint density at radius 3 is 2.83 bits per heavy atom. The first-order valence-corrected chi connectivity index (χ1v) is 10.5. The molecule has 0 spiro atoms. The molecule has 8 heteroatoms. The van der Waals surface area contributed by atoms with Crippen molar-refractivity contribution in [1.29, 1.82) is 0 Å². The van der Waals surface area contributed by atoms with Crippen molar-refractivity contribution >= 4 is 32.6 Å². The predicted octanol–water partition coefficient (Wildman–Crippen LogP) is 4.25. The molecular formula is C22H22N4O3S. The van der Waals surface area contributed by atoms with Gasteiger partial charge in [-0.3, -0.25) is 14.4 Å². The molecule has 0 saturated heterocycles. The summed E-state index contributed by atoms with van der Waals surface area (Å²) in [6.07, 6.45) is 3.60. The lowest BCUT2D eigenvalue weighted by Gasteiger charge is -2.20. The van der Waals surface area contributed by atoms with Gasteiger partial charge in [0.15, 0.2) is 5.13 Å². The number of hydrogen-bond acceptors (Lipinski definition) is 6. The van der Waals surface area contributed by atoms with Crippen LogP contribution in [0.3, 0.4) is 0 Å². The van der Waals surface area contributed by atoms with Crippen LogP contribution in [0.1, 0.15) is 17.3 Å². The molecule has 4 aromatic rings. The molecule has 154 valence electrons. The molecule has 0 atom stereocenters. The first kappa shape index (κ1) is 19.9.